The van der Waals surface area contributed by atoms with Gasteiger partial charge < -0.3 is 0 Å². The standard InChI is InChI=1S/C12H9ClN2O/c1-8(16)12-10(3-2-6-14-12)11-5-4-9(13)7-15-11/h2-7H,1H3. The van der Waals surface area contributed by atoms with Crippen molar-refractivity contribution >= 4 is 17.4 Å². The average molecular weight is 233 g/mol. The Hall–Kier alpha value is -1.74. The van der Waals surface area contributed by atoms with Gasteiger partial charge in [-0.3, -0.25) is 14.8 Å². The zero-order valence-electron chi connectivity index (χ0n) is 8.64. The molecule has 0 saturated carbocycles. The molecule has 16 heavy (non-hydrogen) atoms. The Labute approximate surface area is 98.1 Å². The summed E-state index contributed by atoms with van der Waals surface area (Å²) < 4.78 is 0. The van der Waals surface area contributed by atoms with Crippen molar-refractivity contribution in [2.24, 2.45) is 0 Å². The molecule has 0 aromatic carbocycles. The first kappa shape index (κ1) is 10.8. The summed E-state index contributed by atoms with van der Waals surface area (Å²) in [5.41, 5.74) is 1.85. The van der Waals surface area contributed by atoms with E-state index in [1.54, 1.807) is 30.6 Å². The summed E-state index contributed by atoms with van der Waals surface area (Å²) in [4.78, 5) is 19.6. The molecule has 0 spiro atoms. The molecule has 0 unspecified atom stereocenters. The first-order valence-corrected chi connectivity index (χ1v) is 5.14. The van der Waals surface area contributed by atoms with Gasteiger partial charge in [-0.05, 0) is 24.3 Å². The molecule has 2 aromatic heterocycles. The van der Waals surface area contributed by atoms with Crippen LogP contribution in [-0.4, -0.2) is 15.8 Å². The Kier molecular flexibility index (Phi) is 2.97. The van der Waals surface area contributed by atoms with Gasteiger partial charge in [0, 0.05) is 24.9 Å². The molecule has 2 heterocycles. The Morgan fingerprint density at radius 1 is 1.25 bits per heavy atom. The van der Waals surface area contributed by atoms with E-state index >= 15 is 0 Å². The van der Waals surface area contributed by atoms with Crippen LogP contribution in [-0.2, 0) is 0 Å². The zero-order valence-corrected chi connectivity index (χ0v) is 9.40. The SMILES string of the molecule is CC(=O)c1ncccc1-c1ccc(Cl)cn1. The van der Waals surface area contributed by atoms with Crippen LogP contribution in [0, 0.1) is 0 Å². The summed E-state index contributed by atoms with van der Waals surface area (Å²) in [5.74, 6) is -0.0765. The normalized spacial score (nSPS) is 10.1. The van der Waals surface area contributed by atoms with Gasteiger partial charge in [0.25, 0.3) is 0 Å². The highest BCUT2D eigenvalue weighted by molar-refractivity contribution is 6.30. The number of nitrogens with zero attached hydrogens (tertiary/aromatic N) is 2. The molecule has 0 aliphatic rings. The number of pyridine rings is 2. The van der Waals surface area contributed by atoms with Gasteiger partial charge in [-0.1, -0.05) is 11.6 Å². The van der Waals surface area contributed by atoms with Gasteiger partial charge in [-0.25, -0.2) is 0 Å². The van der Waals surface area contributed by atoms with Crippen molar-refractivity contribution in [3.8, 4) is 11.3 Å². The quantitative estimate of drug-likeness (QED) is 0.748. The van der Waals surface area contributed by atoms with Gasteiger partial charge in [0.2, 0.25) is 0 Å². The number of hydrogen-bond acceptors (Lipinski definition) is 3. The van der Waals surface area contributed by atoms with Gasteiger partial charge in [-0.2, -0.15) is 0 Å². The van der Waals surface area contributed by atoms with Crippen LogP contribution in [0.5, 0.6) is 0 Å². The van der Waals surface area contributed by atoms with Crippen molar-refractivity contribution < 1.29 is 4.79 Å². The zero-order chi connectivity index (χ0) is 11.5. The van der Waals surface area contributed by atoms with Crippen molar-refractivity contribution in [1.29, 1.82) is 0 Å². The Balaban J connectivity index is 2.55. The second kappa shape index (κ2) is 4.41. The van der Waals surface area contributed by atoms with E-state index in [1.807, 2.05) is 6.07 Å². The average Bonchev–Trinajstić information content (AvgIpc) is 2.30. The number of halogens is 1. The molecule has 2 aromatic rings. The number of ketones is 1. The molecule has 0 amide bonds. The third-order valence-corrected chi connectivity index (χ3v) is 2.37. The van der Waals surface area contributed by atoms with E-state index in [-0.39, 0.29) is 5.78 Å². The van der Waals surface area contributed by atoms with E-state index in [4.69, 9.17) is 11.6 Å². The van der Waals surface area contributed by atoms with Gasteiger partial charge >= 0.3 is 0 Å². The number of hydrogen-bond donors (Lipinski definition) is 0. The van der Waals surface area contributed by atoms with Crippen molar-refractivity contribution in [1.82, 2.24) is 9.97 Å². The lowest BCUT2D eigenvalue weighted by Gasteiger charge is -2.04. The maximum Gasteiger partial charge on any atom is 0.178 e. The van der Waals surface area contributed by atoms with Crippen LogP contribution in [0.3, 0.4) is 0 Å². The topological polar surface area (TPSA) is 42.9 Å². The molecule has 0 saturated heterocycles. The molecule has 3 nitrogen and oxygen atoms in total. The Bertz CT molecular complexity index is 523. The number of aromatic nitrogens is 2. The molecule has 2 rings (SSSR count). The van der Waals surface area contributed by atoms with Crippen LogP contribution < -0.4 is 0 Å². The number of rotatable bonds is 2. The van der Waals surface area contributed by atoms with E-state index in [0.29, 0.717) is 16.4 Å². The minimum atomic E-state index is -0.0765. The fraction of sp³-hybridized carbons (Fsp3) is 0.0833. The minimum Gasteiger partial charge on any atom is -0.293 e. The van der Waals surface area contributed by atoms with Crippen LogP contribution in [0.25, 0.3) is 11.3 Å². The predicted octanol–water partition coefficient (Wildman–Crippen LogP) is 3.00. The van der Waals surface area contributed by atoms with Crippen molar-refractivity contribution in [2.75, 3.05) is 0 Å². The first-order valence-electron chi connectivity index (χ1n) is 4.76. The molecule has 0 aliphatic heterocycles. The molecule has 0 N–H and O–H groups in total. The fourth-order valence-corrected chi connectivity index (χ4v) is 1.54. The van der Waals surface area contributed by atoms with Gasteiger partial charge in [-0.15, -0.1) is 0 Å². The maximum atomic E-state index is 11.4. The summed E-state index contributed by atoms with van der Waals surface area (Å²) in [6, 6.07) is 7.10. The summed E-state index contributed by atoms with van der Waals surface area (Å²) in [6.07, 6.45) is 3.14. The maximum absolute atomic E-state index is 11.4. The lowest BCUT2D eigenvalue weighted by atomic mass is 10.1. The molecule has 0 bridgehead atoms. The highest BCUT2D eigenvalue weighted by Gasteiger charge is 2.10. The summed E-state index contributed by atoms with van der Waals surface area (Å²) in [6.45, 7) is 1.49. The highest BCUT2D eigenvalue weighted by atomic mass is 35.5. The number of carbonyl (C=O) groups is 1. The highest BCUT2D eigenvalue weighted by Crippen LogP contribution is 2.21. The molecular weight excluding hydrogens is 224 g/mol. The van der Waals surface area contributed by atoms with Crippen LogP contribution in [0.1, 0.15) is 17.4 Å². The molecule has 80 valence electrons. The van der Waals surface area contributed by atoms with Gasteiger partial charge in [0.15, 0.2) is 5.78 Å². The third kappa shape index (κ3) is 2.09. The molecule has 0 atom stereocenters. The van der Waals surface area contributed by atoms with Crippen LogP contribution in [0.4, 0.5) is 0 Å². The second-order valence-electron chi connectivity index (χ2n) is 3.32. The number of carbonyl (C=O) groups excluding carboxylic acids is 1. The van der Waals surface area contributed by atoms with Gasteiger partial charge in [0.05, 0.1) is 10.7 Å². The summed E-state index contributed by atoms with van der Waals surface area (Å²) >= 11 is 5.76. The molecule has 4 heteroatoms. The van der Waals surface area contributed by atoms with Crippen LogP contribution in [0.2, 0.25) is 5.02 Å². The largest absolute Gasteiger partial charge is 0.293 e. The Morgan fingerprint density at radius 3 is 2.69 bits per heavy atom. The van der Waals surface area contributed by atoms with E-state index < -0.39 is 0 Å². The van der Waals surface area contributed by atoms with Crippen molar-refractivity contribution in [3.63, 3.8) is 0 Å². The Morgan fingerprint density at radius 2 is 2.06 bits per heavy atom. The molecule has 0 fully saturated rings. The fourth-order valence-electron chi connectivity index (χ4n) is 1.43. The summed E-state index contributed by atoms with van der Waals surface area (Å²) in [5, 5.41) is 0.567. The molecule has 0 aliphatic carbocycles. The van der Waals surface area contributed by atoms with Crippen molar-refractivity contribution in [2.45, 2.75) is 6.92 Å². The van der Waals surface area contributed by atoms with Gasteiger partial charge in [0.1, 0.15) is 5.69 Å². The van der Waals surface area contributed by atoms with E-state index in [2.05, 4.69) is 9.97 Å². The molecule has 0 radical (unpaired) electrons. The van der Waals surface area contributed by atoms with E-state index in [1.165, 1.54) is 6.92 Å². The first-order chi connectivity index (χ1) is 7.68. The smallest absolute Gasteiger partial charge is 0.178 e. The molecular formula is C12H9ClN2O. The monoisotopic (exact) mass is 232 g/mol. The van der Waals surface area contributed by atoms with Crippen LogP contribution in [0.15, 0.2) is 36.7 Å². The van der Waals surface area contributed by atoms with E-state index in [0.717, 1.165) is 5.56 Å². The predicted molar refractivity (Wildman–Crippen MR) is 62.5 cm³/mol. The lowest BCUT2D eigenvalue weighted by molar-refractivity contribution is 0.101. The van der Waals surface area contributed by atoms with E-state index in [9.17, 15) is 4.79 Å². The second-order valence-corrected chi connectivity index (χ2v) is 3.75. The van der Waals surface area contributed by atoms with Crippen molar-refractivity contribution in [3.05, 3.63) is 47.4 Å². The lowest BCUT2D eigenvalue weighted by Crippen LogP contribution is -2.00. The minimum absolute atomic E-state index is 0.0765. The van der Waals surface area contributed by atoms with Crippen LogP contribution >= 0.6 is 11.6 Å². The third-order valence-electron chi connectivity index (χ3n) is 2.14. The summed E-state index contributed by atoms with van der Waals surface area (Å²) in [7, 11) is 0. The number of Topliss-reactive ketones (excluding diaryl/α,β-unsaturated/α-hetero) is 1.